The van der Waals surface area contributed by atoms with Gasteiger partial charge in [0.1, 0.15) is 11.5 Å². The number of unbranched alkanes of at least 4 members (excludes halogenated alkanes) is 1. The Balaban J connectivity index is 1.14. The molecule has 146 valence electrons. The van der Waals surface area contributed by atoms with Gasteiger partial charge in [-0.25, -0.2) is 0 Å². The van der Waals surface area contributed by atoms with Gasteiger partial charge in [-0.05, 0) is 24.9 Å². The average Bonchev–Trinajstić information content (AvgIpc) is 3.23. The van der Waals surface area contributed by atoms with Crippen LogP contribution in [0.4, 0.5) is 0 Å². The lowest BCUT2D eigenvalue weighted by Crippen LogP contribution is -2.46. The van der Waals surface area contributed by atoms with Crippen molar-refractivity contribution in [3.8, 4) is 11.3 Å². The van der Waals surface area contributed by atoms with Gasteiger partial charge in [-0.2, -0.15) is 0 Å². The molecule has 0 amide bonds. The van der Waals surface area contributed by atoms with E-state index < -0.39 is 0 Å². The van der Waals surface area contributed by atoms with E-state index in [1.165, 1.54) is 31.6 Å². The molecule has 2 aromatic carbocycles. The summed E-state index contributed by atoms with van der Waals surface area (Å²) < 4.78 is 5.51. The Bertz CT molecular complexity index is 823. The molecule has 1 aliphatic heterocycles. The lowest BCUT2D eigenvalue weighted by molar-refractivity contribution is 0.125. The van der Waals surface area contributed by atoms with Crippen molar-refractivity contribution in [3.05, 3.63) is 78.1 Å². The SMILES string of the molecule is c1ccc(CN2CCN(CCCCc3cc(-c4ccccc4)no3)CC2)cc1. The number of piperazine rings is 1. The molecule has 1 aromatic heterocycles. The maximum Gasteiger partial charge on any atom is 0.137 e. The van der Waals surface area contributed by atoms with Crippen LogP contribution in [-0.4, -0.2) is 47.7 Å². The highest BCUT2D eigenvalue weighted by Crippen LogP contribution is 2.19. The molecule has 2 heterocycles. The Morgan fingerprint density at radius 3 is 2.21 bits per heavy atom. The number of rotatable bonds is 8. The average molecular weight is 376 g/mol. The summed E-state index contributed by atoms with van der Waals surface area (Å²) in [6, 6.07) is 23.1. The second-order valence-corrected chi connectivity index (χ2v) is 7.60. The van der Waals surface area contributed by atoms with Crippen LogP contribution in [0.15, 0.2) is 71.3 Å². The predicted molar refractivity (Wildman–Crippen MR) is 113 cm³/mol. The van der Waals surface area contributed by atoms with E-state index in [1.807, 2.05) is 18.2 Å². The lowest BCUT2D eigenvalue weighted by atomic mass is 10.1. The van der Waals surface area contributed by atoms with Gasteiger partial charge in [0.15, 0.2) is 0 Å². The summed E-state index contributed by atoms with van der Waals surface area (Å²) in [7, 11) is 0. The predicted octanol–water partition coefficient (Wildman–Crippen LogP) is 4.48. The van der Waals surface area contributed by atoms with E-state index in [2.05, 4.69) is 63.5 Å². The third-order valence-corrected chi connectivity index (χ3v) is 5.49. The number of aromatic nitrogens is 1. The van der Waals surface area contributed by atoms with Gasteiger partial charge >= 0.3 is 0 Å². The Morgan fingerprint density at radius 2 is 1.46 bits per heavy atom. The first kappa shape index (κ1) is 18.9. The van der Waals surface area contributed by atoms with Crippen molar-refractivity contribution in [2.45, 2.75) is 25.8 Å². The highest BCUT2D eigenvalue weighted by molar-refractivity contribution is 5.58. The van der Waals surface area contributed by atoms with Gasteiger partial charge in [0.2, 0.25) is 0 Å². The molecule has 3 aromatic rings. The molecule has 1 aliphatic rings. The third kappa shape index (κ3) is 5.31. The van der Waals surface area contributed by atoms with Gasteiger partial charge < -0.3 is 9.42 Å². The Kier molecular flexibility index (Phi) is 6.53. The Morgan fingerprint density at radius 1 is 0.786 bits per heavy atom. The zero-order valence-electron chi connectivity index (χ0n) is 16.5. The summed E-state index contributed by atoms with van der Waals surface area (Å²) in [6.07, 6.45) is 3.32. The van der Waals surface area contributed by atoms with Crippen molar-refractivity contribution in [1.82, 2.24) is 15.0 Å². The van der Waals surface area contributed by atoms with E-state index in [0.29, 0.717) is 0 Å². The molecule has 0 unspecified atom stereocenters. The highest BCUT2D eigenvalue weighted by atomic mass is 16.5. The summed E-state index contributed by atoms with van der Waals surface area (Å²) in [5, 5.41) is 4.21. The molecule has 0 atom stereocenters. The van der Waals surface area contributed by atoms with E-state index >= 15 is 0 Å². The van der Waals surface area contributed by atoms with Crippen LogP contribution in [0.3, 0.4) is 0 Å². The molecule has 0 spiro atoms. The standard InChI is InChI=1S/C24H29N3O/c1-3-9-21(10-4-1)20-27-17-15-26(16-18-27)14-8-7-13-23-19-24(25-28-23)22-11-5-2-6-12-22/h1-6,9-12,19H,7-8,13-18,20H2. The van der Waals surface area contributed by atoms with Gasteiger partial charge in [0, 0.05) is 50.8 Å². The van der Waals surface area contributed by atoms with Crippen LogP contribution in [0, 0.1) is 0 Å². The van der Waals surface area contributed by atoms with Crippen molar-refractivity contribution < 1.29 is 4.52 Å². The van der Waals surface area contributed by atoms with Gasteiger partial charge in [-0.15, -0.1) is 0 Å². The molecule has 0 aliphatic carbocycles. The normalized spacial score (nSPS) is 15.7. The first-order valence-electron chi connectivity index (χ1n) is 10.4. The second-order valence-electron chi connectivity index (χ2n) is 7.60. The van der Waals surface area contributed by atoms with Crippen LogP contribution in [0.25, 0.3) is 11.3 Å². The number of benzene rings is 2. The maximum absolute atomic E-state index is 5.51. The number of hydrogen-bond donors (Lipinski definition) is 0. The summed E-state index contributed by atoms with van der Waals surface area (Å²) in [4.78, 5) is 5.16. The zero-order valence-corrected chi connectivity index (χ0v) is 16.5. The smallest absolute Gasteiger partial charge is 0.137 e. The second kappa shape index (κ2) is 9.67. The fraction of sp³-hybridized carbons (Fsp3) is 0.375. The topological polar surface area (TPSA) is 32.5 Å². The number of aryl methyl sites for hydroxylation is 1. The van der Waals surface area contributed by atoms with Crippen LogP contribution < -0.4 is 0 Å². The molecule has 1 fully saturated rings. The van der Waals surface area contributed by atoms with Gasteiger partial charge in [-0.3, -0.25) is 4.90 Å². The quantitative estimate of drug-likeness (QED) is 0.543. The van der Waals surface area contributed by atoms with Crippen LogP contribution in [0.2, 0.25) is 0 Å². The lowest BCUT2D eigenvalue weighted by Gasteiger charge is -2.34. The van der Waals surface area contributed by atoms with Crippen molar-refractivity contribution in [2.75, 3.05) is 32.7 Å². The third-order valence-electron chi connectivity index (χ3n) is 5.49. The summed E-state index contributed by atoms with van der Waals surface area (Å²) in [6.45, 7) is 6.93. The monoisotopic (exact) mass is 375 g/mol. The zero-order chi connectivity index (χ0) is 19.0. The molecule has 1 saturated heterocycles. The first-order valence-corrected chi connectivity index (χ1v) is 10.4. The minimum atomic E-state index is 0.935. The van der Waals surface area contributed by atoms with Crippen LogP contribution in [-0.2, 0) is 13.0 Å². The van der Waals surface area contributed by atoms with E-state index in [-0.39, 0.29) is 0 Å². The van der Waals surface area contributed by atoms with E-state index in [1.54, 1.807) is 0 Å². The molecule has 0 N–H and O–H groups in total. The molecule has 4 nitrogen and oxygen atoms in total. The van der Waals surface area contributed by atoms with Crippen LogP contribution in [0.5, 0.6) is 0 Å². The summed E-state index contributed by atoms with van der Waals surface area (Å²) in [5.41, 5.74) is 3.47. The van der Waals surface area contributed by atoms with E-state index in [4.69, 9.17) is 4.52 Å². The van der Waals surface area contributed by atoms with Crippen molar-refractivity contribution >= 4 is 0 Å². The maximum atomic E-state index is 5.51. The number of hydrogen-bond acceptors (Lipinski definition) is 4. The largest absolute Gasteiger partial charge is 0.361 e. The fourth-order valence-electron chi connectivity index (χ4n) is 3.82. The molecule has 0 radical (unpaired) electrons. The minimum absolute atomic E-state index is 0.935. The Hall–Kier alpha value is -2.43. The molecule has 0 bridgehead atoms. The number of nitrogens with zero attached hydrogens (tertiary/aromatic N) is 3. The van der Waals surface area contributed by atoms with Crippen LogP contribution in [0.1, 0.15) is 24.2 Å². The van der Waals surface area contributed by atoms with Crippen molar-refractivity contribution in [2.24, 2.45) is 0 Å². The van der Waals surface area contributed by atoms with E-state index in [9.17, 15) is 0 Å². The van der Waals surface area contributed by atoms with Gasteiger partial charge in [0.05, 0.1) is 0 Å². The molecule has 0 saturated carbocycles. The minimum Gasteiger partial charge on any atom is -0.361 e. The van der Waals surface area contributed by atoms with E-state index in [0.717, 1.165) is 49.5 Å². The van der Waals surface area contributed by atoms with Crippen molar-refractivity contribution in [3.63, 3.8) is 0 Å². The molecular formula is C24H29N3O. The summed E-state index contributed by atoms with van der Waals surface area (Å²) >= 11 is 0. The summed E-state index contributed by atoms with van der Waals surface area (Å²) in [5.74, 6) is 0.992. The van der Waals surface area contributed by atoms with Crippen molar-refractivity contribution in [1.29, 1.82) is 0 Å². The highest BCUT2D eigenvalue weighted by Gasteiger charge is 2.16. The fourth-order valence-corrected chi connectivity index (χ4v) is 3.82. The first-order chi connectivity index (χ1) is 13.9. The molecule has 28 heavy (non-hydrogen) atoms. The molecule has 4 rings (SSSR count). The van der Waals surface area contributed by atoms with Crippen LogP contribution >= 0.6 is 0 Å². The molecule has 4 heteroatoms. The van der Waals surface area contributed by atoms with Gasteiger partial charge in [0.25, 0.3) is 0 Å². The molecular weight excluding hydrogens is 346 g/mol. The van der Waals surface area contributed by atoms with Gasteiger partial charge in [-0.1, -0.05) is 65.8 Å². The Labute approximate surface area is 167 Å².